The number of allylic oxidation sites excluding steroid dienone is 1. The fraction of sp³-hybridized carbons (Fsp3) is 0.600. The van der Waals surface area contributed by atoms with E-state index in [9.17, 15) is 14.4 Å². The molecular weight excluding hydrogens is 622 g/mol. The molecule has 4 aliphatic rings. The van der Waals surface area contributed by atoms with E-state index in [0.29, 0.717) is 40.2 Å². The molecule has 1 saturated heterocycles. The summed E-state index contributed by atoms with van der Waals surface area (Å²) in [6.45, 7) is 1.10. The molecule has 3 heterocycles. The number of hydrogen-bond donors (Lipinski definition) is 2. The third-order valence-corrected chi connectivity index (χ3v) is 11.4. The van der Waals surface area contributed by atoms with Crippen LogP contribution in [0.4, 0.5) is 4.79 Å². The predicted octanol–water partition coefficient (Wildman–Crippen LogP) is 6.30. The average Bonchev–Trinajstić information content (AvgIpc) is 3.62. The number of thioether (sulfide) groups is 1. The highest BCUT2D eigenvalue weighted by Gasteiger charge is 2.41. The maximum atomic E-state index is 14.5. The Morgan fingerprint density at radius 1 is 1.02 bits per heavy atom. The fourth-order valence-electron chi connectivity index (χ4n) is 7.43. The van der Waals surface area contributed by atoms with Crippen LogP contribution in [0.25, 0.3) is 10.9 Å². The van der Waals surface area contributed by atoms with Crippen molar-refractivity contribution in [2.24, 2.45) is 5.92 Å². The molecule has 2 aliphatic carbocycles. The SMILES string of the molecule is O=C(NCC1CC=CS1)[C@@H]1CN(C(=O)Oc2ccc(Cl)c3cccnc23)CCN1C(=O)[C@@H](CC1CCCCC1)NC1CCCCC1. The Morgan fingerprint density at radius 3 is 2.57 bits per heavy atom. The van der Waals surface area contributed by atoms with E-state index in [4.69, 9.17) is 16.3 Å². The Kier molecular flexibility index (Phi) is 11.4. The lowest BCUT2D eigenvalue weighted by Gasteiger charge is -2.42. The maximum Gasteiger partial charge on any atom is 0.415 e. The molecule has 0 bridgehead atoms. The molecule has 2 aromatic rings. The van der Waals surface area contributed by atoms with E-state index in [2.05, 4.69) is 27.1 Å². The van der Waals surface area contributed by atoms with Crippen molar-refractivity contribution in [1.29, 1.82) is 0 Å². The van der Waals surface area contributed by atoms with Crippen molar-refractivity contribution in [3.05, 3.63) is 47.0 Å². The molecule has 248 valence electrons. The number of fused-ring (bicyclic) bond motifs is 1. The van der Waals surface area contributed by atoms with Crippen LogP contribution in [0.2, 0.25) is 5.02 Å². The number of ether oxygens (including phenoxy) is 1. The number of nitrogens with one attached hydrogen (secondary N) is 2. The first-order valence-corrected chi connectivity index (χ1v) is 18.4. The molecule has 2 aliphatic heterocycles. The summed E-state index contributed by atoms with van der Waals surface area (Å²) in [6, 6.07) is 6.11. The van der Waals surface area contributed by atoms with E-state index in [1.807, 2.05) is 6.07 Å². The molecule has 0 radical (unpaired) electrons. The number of carbonyl (C=O) groups excluding carboxylic acids is 3. The molecule has 0 spiro atoms. The average molecular weight is 668 g/mol. The van der Waals surface area contributed by atoms with Crippen LogP contribution in [-0.4, -0.2) is 82.2 Å². The summed E-state index contributed by atoms with van der Waals surface area (Å²) in [5, 5.41) is 10.4. The lowest BCUT2D eigenvalue weighted by atomic mass is 9.83. The summed E-state index contributed by atoms with van der Waals surface area (Å²) in [6.07, 6.45) is 16.6. The van der Waals surface area contributed by atoms with E-state index in [0.717, 1.165) is 38.5 Å². The Balaban J connectivity index is 1.19. The second kappa shape index (κ2) is 15.8. The molecule has 1 aromatic carbocycles. The van der Waals surface area contributed by atoms with Crippen LogP contribution in [0.1, 0.15) is 77.0 Å². The first-order chi connectivity index (χ1) is 22.5. The van der Waals surface area contributed by atoms with E-state index < -0.39 is 12.1 Å². The molecule has 2 N–H and O–H groups in total. The number of benzene rings is 1. The summed E-state index contributed by atoms with van der Waals surface area (Å²) < 4.78 is 5.84. The Bertz CT molecular complexity index is 1380. The van der Waals surface area contributed by atoms with Gasteiger partial charge in [0, 0.05) is 42.5 Å². The number of carbonyl (C=O) groups is 3. The minimum absolute atomic E-state index is 0.0193. The van der Waals surface area contributed by atoms with E-state index >= 15 is 0 Å². The molecule has 46 heavy (non-hydrogen) atoms. The van der Waals surface area contributed by atoms with Gasteiger partial charge in [0.25, 0.3) is 0 Å². The molecule has 2 saturated carbocycles. The van der Waals surface area contributed by atoms with Crippen molar-refractivity contribution in [2.45, 2.75) is 100 Å². The van der Waals surface area contributed by atoms with Gasteiger partial charge >= 0.3 is 6.09 Å². The van der Waals surface area contributed by atoms with Crippen molar-refractivity contribution < 1.29 is 19.1 Å². The van der Waals surface area contributed by atoms with Crippen molar-refractivity contribution in [3.63, 3.8) is 0 Å². The first kappa shape index (κ1) is 33.1. The van der Waals surface area contributed by atoms with E-state index in [1.165, 1.54) is 43.4 Å². The molecule has 6 rings (SSSR count). The highest BCUT2D eigenvalue weighted by molar-refractivity contribution is 8.03. The van der Waals surface area contributed by atoms with Crippen LogP contribution in [0.15, 0.2) is 41.9 Å². The molecule has 11 heteroatoms. The maximum absolute atomic E-state index is 14.5. The first-order valence-electron chi connectivity index (χ1n) is 17.1. The third kappa shape index (κ3) is 8.17. The summed E-state index contributed by atoms with van der Waals surface area (Å²) in [4.78, 5) is 49.5. The number of piperazine rings is 1. The van der Waals surface area contributed by atoms with Gasteiger partial charge in [0.05, 0.1) is 17.6 Å². The summed E-state index contributed by atoms with van der Waals surface area (Å²) >= 11 is 8.06. The number of amides is 3. The van der Waals surface area contributed by atoms with Crippen LogP contribution in [0.5, 0.6) is 5.75 Å². The standard InChI is InChI=1S/C35H46ClN5O4S/c36-28-15-16-31(32-27(28)14-7-17-37-32)45-35(44)40-18-19-41(30(23-40)33(42)38-22-26-13-8-20-46-26)34(43)29(21-24-9-3-1-4-10-24)39-25-11-5-2-6-12-25/h7-8,14-17,20,24-26,29-30,39H,1-6,9-13,18-19,21-23H2,(H,38,42)/t26?,29-,30+/m1/s1. The quantitative estimate of drug-likeness (QED) is 0.324. The van der Waals surface area contributed by atoms with E-state index in [-0.39, 0.29) is 42.7 Å². The van der Waals surface area contributed by atoms with Gasteiger partial charge in [0.2, 0.25) is 11.8 Å². The molecule has 3 atom stereocenters. The van der Waals surface area contributed by atoms with Gasteiger partial charge in [-0.1, -0.05) is 69.0 Å². The number of halogens is 1. The van der Waals surface area contributed by atoms with Crippen molar-refractivity contribution >= 4 is 52.2 Å². The Hall–Kier alpha value is -2.82. The third-order valence-electron chi connectivity index (χ3n) is 10.0. The zero-order chi connectivity index (χ0) is 31.9. The largest absolute Gasteiger partial charge is 0.415 e. The number of pyridine rings is 1. The number of nitrogens with zero attached hydrogens (tertiary/aromatic N) is 3. The zero-order valence-corrected chi connectivity index (χ0v) is 28.1. The van der Waals surface area contributed by atoms with Gasteiger partial charge < -0.3 is 25.2 Å². The lowest BCUT2D eigenvalue weighted by Crippen LogP contribution is -2.65. The molecule has 1 unspecified atom stereocenters. The monoisotopic (exact) mass is 667 g/mol. The molecule has 1 aromatic heterocycles. The molecule has 3 amide bonds. The second-order valence-electron chi connectivity index (χ2n) is 13.2. The lowest BCUT2D eigenvalue weighted by molar-refractivity contribution is -0.145. The fourth-order valence-corrected chi connectivity index (χ4v) is 8.50. The smallest absolute Gasteiger partial charge is 0.408 e. The van der Waals surface area contributed by atoms with Crippen LogP contribution >= 0.6 is 23.4 Å². The predicted molar refractivity (Wildman–Crippen MR) is 183 cm³/mol. The van der Waals surface area contributed by atoms with Gasteiger partial charge in [-0.2, -0.15) is 0 Å². The number of rotatable bonds is 9. The van der Waals surface area contributed by atoms with Crippen molar-refractivity contribution in [2.75, 3.05) is 26.2 Å². The summed E-state index contributed by atoms with van der Waals surface area (Å²) in [7, 11) is 0. The van der Waals surface area contributed by atoms with Gasteiger partial charge in [-0.25, -0.2) is 4.79 Å². The minimum atomic E-state index is -0.810. The Morgan fingerprint density at radius 2 is 1.80 bits per heavy atom. The van der Waals surface area contributed by atoms with Crippen LogP contribution in [-0.2, 0) is 9.59 Å². The van der Waals surface area contributed by atoms with Gasteiger partial charge in [0.1, 0.15) is 11.6 Å². The highest BCUT2D eigenvalue weighted by atomic mass is 35.5. The summed E-state index contributed by atoms with van der Waals surface area (Å²) in [5.74, 6) is 0.566. The van der Waals surface area contributed by atoms with E-state index in [1.54, 1.807) is 41.1 Å². The Labute approximate surface area is 281 Å². The highest BCUT2D eigenvalue weighted by Crippen LogP contribution is 2.32. The summed E-state index contributed by atoms with van der Waals surface area (Å²) in [5.41, 5.74) is 0.494. The number of aromatic nitrogens is 1. The van der Waals surface area contributed by atoms with Gasteiger partial charge in [-0.15, -0.1) is 11.8 Å². The van der Waals surface area contributed by atoms with Gasteiger partial charge in [0.15, 0.2) is 5.75 Å². The van der Waals surface area contributed by atoms with Crippen molar-refractivity contribution in [3.8, 4) is 5.75 Å². The van der Waals surface area contributed by atoms with Crippen LogP contribution < -0.4 is 15.4 Å². The van der Waals surface area contributed by atoms with Crippen molar-refractivity contribution in [1.82, 2.24) is 25.4 Å². The minimum Gasteiger partial charge on any atom is -0.408 e. The molecular formula is C35H46ClN5O4S. The topological polar surface area (TPSA) is 104 Å². The molecule has 3 fully saturated rings. The molecule has 9 nitrogen and oxygen atoms in total. The van der Waals surface area contributed by atoms with Crippen LogP contribution in [0, 0.1) is 5.92 Å². The number of hydrogen-bond acceptors (Lipinski definition) is 7. The van der Waals surface area contributed by atoms with Gasteiger partial charge in [-0.3, -0.25) is 14.6 Å². The second-order valence-corrected chi connectivity index (χ2v) is 14.8. The van der Waals surface area contributed by atoms with Gasteiger partial charge in [-0.05, 0) is 61.3 Å². The zero-order valence-electron chi connectivity index (χ0n) is 26.5. The van der Waals surface area contributed by atoms with Crippen LogP contribution in [0.3, 0.4) is 0 Å². The normalized spacial score (nSPS) is 23.4.